The van der Waals surface area contributed by atoms with Crippen LogP contribution < -0.4 is 5.32 Å². The Morgan fingerprint density at radius 3 is 2.09 bits per heavy atom. The van der Waals surface area contributed by atoms with E-state index in [1.807, 2.05) is 0 Å². The molecule has 0 spiro atoms. The summed E-state index contributed by atoms with van der Waals surface area (Å²) in [4.78, 5) is 0. The summed E-state index contributed by atoms with van der Waals surface area (Å²) < 4.78 is 28.9. The van der Waals surface area contributed by atoms with E-state index in [0.29, 0.717) is 0 Å². The molecule has 2 aliphatic rings. The smallest absolute Gasteiger partial charge is 0.172 e. The fourth-order valence-electron chi connectivity index (χ4n) is 1.87. The number of rotatable bonds is 0. The summed E-state index contributed by atoms with van der Waals surface area (Å²) in [6.07, 6.45) is 0. The highest BCUT2D eigenvalue weighted by atomic mass is 31.0. The quantitative estimate of drug-likeness (QED) is 0.532. The number of nitrogens with one attached hydrogen (secondary N) is 1. The molecule has 0 aromatic carbocycles. The SMILES string of the molecule is FC12CNCC1(F)CN(P)C2. The van der Waals surface area contributed by atoms with E-state index < -0.39 is 11.3 Å². The van der Waals surface area contributed by atoms with Crippen LogP contribution in [0.4, 0.5) is 8.78 Å². The van der Waals surface area contributed by atoms with Crippen LogP contribution in [0.5, 0.6) is 0 Å². The van der Waals surface area contributed by atoms with Gasteiger partial charge >= 0.3 is 0 Å². The van der Waals surface area contributed by atoms with Gasteiger partial charge in [-0.25, -0.2) is 8.78 Å². The third kappa shape index (κ3) is 0.930. The van der Waals surface area contributed by atoms with E-state index in [4.69, 9.17) is 0 Å². The van der Waals surface area contributed by atoms with Crippen LogP contribution in [0.3, 0.4) is 0 Å². The van der Waals surface area contributed by atoms with Crippen LogP contribution >= 0.6 is 9.39 Å². The summed E-state index contributed by atoms with van der Waals surface area (Å²) in [5.74, 6) is 0. The zero-order chi connectivity index (χ0) is 8.11. The van der Waals surface area contributed by atoms with Crippen molar-refractivity contribution in [1.82, 2.24) is 9.99 Å². The number of hydrogen-bond acceptors (Lipinski definition) is 2. The van der Waals surface area contributed by atoms with E-state index in [1.165, 1.54) is 0 Å². The van der Waals surface area contributed by atoms with Crippen molar-refractivity contribution in [2.24, 2.45) is 0 Å². The van der Waals surface area contributed by atoms with Gasteiger partial charge in [-0.05, 0) is 0 Å². The maximum Gasteiger partial charge on any atom is 0.172 e. The van der Waals surface area contributed by atoms with E-state index in [-0.39, 0.29) is 26.2 Å². The van der Waals surface area contributed by atoms with Crippen molar-refractivity contribution in [3.05, 3.63) is 0 Å². The number of halogens is 2. The lowest BCUT2D eigenvalue weighted by Crippen LogP contribution is -2.44. The Morgan fingerprint density at radius 1 is 1.18 bits per heavy atom. The van der Waals surface area contributed by atoms with Gasteiger partial charge in [-0.15, -0.1) is 0 Å². The van der Waals surface area contributed by atoms with Crippen LogP contribution in [0.1, 0.15) is 0 Å². The summed E-state index contributed by atoms with van der Waals surface area (Å²) in [5, 5.41) is 2.74. The van der Waals surface area contributed by atoms with Crippen molar-refractivity contribution in [2.75, 3.05) is 26.2 Å². The fourth-order valence-corrected chi connectivity index (χ4v) is 2.45. The van der Waals surface area contributed by atoms with Crippen molar-refractivity contribution >= 4 is 9.39 Å². The Bertz CT molecular complexity index is 173. The molecule has 5 heteroatoms. The van der Waals surface area contributed by atoms with Crippen LogP contribution in [-0.2, 0) is 0 Å². The Morgan fingerprint density at radius 2 is 1.64 bits per heavy atom. The molecule has 0 bridgehead atoms. The molecule has 2 nitrogen and oxygen atoms in total. The van der Waals surface area contributed by atoms with Gasteiger partial charge in [0.25, 0.3) is 0 Å². The highest BCUT2D eigenvalue weighted by Gasteiger charge is 2.62. The van der Waals surface area contributed by atoms with Crippen molar-refractivity contribution in [1.29, 1.82) is 0 Å². The van der Waals surface area contributed by atoms with Gasteiger partial charge in [-0.2, -0.15) is 0 Å². The second-order valence-corrected chi connectivity index (χ2v) is 4.17. The maximum atomic E-state index is 13.6. The molecule has 0 saturated carbocycles. The van der Waals surface area contributed by atoms with Gasteiger partial charge < -0.3 is 5.32 Å². The van der Waals surface area contributed by atoms with Crippen molar-refractivity contribution in [3.63, 3.8) is 0 Å². The van der Waals surface area contributed by atoms with Crippen LogP contribution in [-0.4, -0.2) is 42.2 Å². The molecule has 2 rings (SSSR count). The molecule has 2 saturated heterocycles. The van der Waals surface area contributed by atoms with E-state index in [1.54, 1.807) is 4.67 Å². The lowest BCUT2D eigenvalue weighted by molar-refractivity contribution is 0.0491. The monoisotopic (exact) mass is 180 g/mol. The van der Waals surface area contributed by atoms with Crippen molar-refractivity contribution in [2.45, 2.75) is 11.3 Å². The fraction of sp³-hybridized carbons (Fsp3) is 1.00. The van der Waals surface area contributed by atoms with Crippen molar-refractivity contribution in [3.8, 4) is 0 Å². The lowest BCUT2D eigenvalue weighted by Gasteiger charge is -2.22. The second-order valence-electron chi connectivity index (χ2n) is 3.44. The predicted octanol–water partition coefficient (Wildman–Crippen LogP) is 0.112. The Hall–Kier alpha value is 0.210. The van der Waals surface area contributed by atoms with Crippen LogP contribution in [0.15, 0.2) is 0 Å². The minimum Gasteiger partial charge on any atom is -0.310 e. The first-order chi connectivity index (χ1) is 5.06. The summed E-state index contributed by atoms with van der Waals surface area (Å²) in [6.45, 7) is 0.658. The molecular weight excluding hydrogens is 169 g/mol. The summed E-state index contributed by atoms with van der Waals surface area (Å²) >= 11 is 0. The Labute approximate surface area is 66.6 Å². The van der Waals surface area contributed by atoms with Gasteiger partial charge in [0.2, 0.25) is 0 Å². The standard InChI is InChI=1S/C6H11F2N2P/c7-5-1-9-2-6(5,8)4-10(11)3-5/h9H,1-4,11H2. The molecule has 2 fully saturated rings. The van der Waals surface area contributed by atoms with Gasteiger partial charge in [0, 0.05) is 26.2 Å². The Kier molecular flexibility index (Phi) is 1.51. The second kappa shape index (κ2) is 2.12. The first kappa shape index (κ1) is 7.84. The molecule has 0 aromatic heterocycles. The predicted molar refractivity (Wildman–Crippen MR) is 41.8 cm³/mol. The van der Waals surface area contributed by atoms with Gasteiger partial charge in [-0.1, -0.05) is 9.39 Å². The molecule has 0 aromatic rings. The summed E-state index contributed by atoms with van der Waals surface area (Å²) in [5.41, 5.74) is -3.32. The molecule has 2 aliphatic heterocycles. The minimum absolute atomic E-state index is 0.147. The minimum atomic E-state index is -1.66. The summed E-state index contributed by atoms with van der Waals surface area (Å²) in [7, 11) is 2.35. The molecule has 3 unspecified atom stereocenters. The number of alkyl halides is 2. The highest BCUT2D eigenvalue weighted by Crippen LogP contribution is 2.42. The Balaban J connectivity index is 2.28. The van der Waals surface area contributed by atoms with E-state index in [2.05, 4.69) is 14.7 Å². The van der Waals surface area contributed by atoms with E-state index in [9.17, 15) is 8.78 Å². The van der Waals surface area contributed by atoms with E-state index >= 15 is 0 Å². The van der Waals surface area contributed by atoms with Gasteiger partial charge in [0.05, 0.1) is 0 Å². The zero-order valence-electron chi connectivity index (χ0n) is 6.11. The van der Waals surface area contributed by atoms with E-state index in [0.717, 1.165) is 0 Å². The topological polar surface area (TPSA) is 15.3 Å². The molecule has 11 heavy (non-hydrogen) atoms. The molecule has 0 radical (unpaired) electrons. The molecule has 64 valence electrons. The first-order valence-electron chi connectivity index (χ1n) is 3.64. The number of fused-ring (bicyclic) bond motifs is 1. The van der Waals surface area contributed by atoms with Gasteiger partial charge in [0.1, 0.15) is 0 Å². The summed E-state index contributed by atoms with van der Waals surface area (Å²) in [6, 6.07) is 0. The molecule has 2 heterocycles. The maximum absolute atomic E-state index is 13.6. The van der Waals surface area contributed by atoms with Crippen LogP contribution in [0.2, 0.25) is 0 Å². The third-order valence-corrected chi connectivity index (χ3v) is 2.89. The highest BCUT2D eigenvalue weighted by molar-refractivity contribution is 7.13. The molecular formula is C6H11F2N2P. The third-order valence-electron chi connectivity index (χ3n) is 2.52. The molecule has 1 N–H and O–H groups in total. The van der Waals surface area contributed by atoms with Gasteiger partial charge in [0.15, 0.2) is 11.3 Å². The van der Waals surface area contributed by atoms with Crippen molar-refractivity contribution < 1.29 is 8.78 Å². The normalized spacial score (nSPS) is 51.5. The average molecular weight is 180 g/mol. The van der Waals surface area contributed by atoms with Gasteiger partial charge in [-0.3, -0.25) is 4.67 Å². The first-order valence-corrected chi connectivity index (χ1v) is 4.16. The number of hydrogen-bond donors (Lipinski definition) is 1. The van der Waals surface area contributed by atoms with Crippen LogP contribution in [0.25, 0.3) is 0 Å². The molecule has 3 atom stereocenters. The van der Waals surface area contributed by atoms with Crippen LogP contribution in [0, 0.1) is 0 Å². The molecule has 0 amide bonds. The lowest BCUT2D eigenvalue weighted by atomic mass is 9.94. The average Bonchev–Trinajstić information content (AvgIpc) is 2.16. The molecule has 0 aliphatic carbocycles. The zero-order valence-corrected chi connectivity index (χ0v) is 7.26. The largest absolute Gasteiger partial charge is 0.310 e. The number of nitrogens with zero attached hydrogens (tertiary/aromatic N) is 1.